The zero-order chi connectivity index (χ0) is 23.2. The third-order valence-electron chi connectivity index (χ3n) is 5.83. The van der Waals surface area contributed by atoms with Gasteiger partial charge in [-0.1, -0.05) is 30.3 Å². The average molecular weight is 445 g/mol. The molecule has 0 radical (unpaired) electrons. The van der Waals surface area contributed by atoms with E-state index in [0.717, 1.165) is 53.2 Å². The van der Waals surface area contributed by atoms with Crippen molar-refractivity contribution in [2.24, 2.45) is 0 Å². The Balaban J connectivity index is 1.41. The highest BCUT2D eigenvalue weighted by Gasteiger charge is 2.20. The van der Waals surface area contributed by atoms with E-state index < -0.39 is 12.0 Å². The molecule has 0 saturated carbocycles. The minimum absolute atomic E-state index is 0.390. The van der Waals surface area contributed by atoms with Crippen molar-refractivity contribution >= 4 is 5.97 Å². The highest BCUT2D eigenvalue weighted by Crippen LogP contribution is 2.26. The van der Waals surface area contributed by atoms with Crippen molar-refractivity contribution in [1.29, 1.82) is 0 Å². The van der Waals surface area contributed by atoms with Crippen molar-refractivity contribution in [2.75, 3.05) is 7.11 Å². The van der Waals surface area contributed by atoms with Crippen molar-refractivity contribution in [1.82, 2.24) is 9.55 Å². The summed E-state index contributed by atoms with van der Waals surface area (Å²) in [5, 5.41) is 9.64. The topological polar surface area (TPSA) is 77.5 Å². The van der Waals surface area contributed by atoms with Gasteiger partial charge in [0.2, 0.25) is 5.89 Å². The summed E-state index contributed by atoms with van der Waals surface area (Å²) >= 11 is 0. The number of aromatic nitrogens is 2. The zero-order valence-electron chi connectivity index (χ0n) is 18.9. The molecule has 2 aromatic carbocycles. The lowest BCUT2D eigenvalue weighted by Gasteiger charge is -2.16. The van der Waals surface area contributed by atoms with Gasteiger partial charge in [0, 0.05) is 24.4 Å². The van der Waals surface area contributed by atoms with Crippen LogP contribution in [0.15, 0.2) is 77.5 Å². The maximum Gasteiger partial charge on any atom is 0.327 e. The molecule has 170 valence electrons. The summed E-state index contributed by atoms with van der Waals surface area (Å²) in [6, 6.07) is 18.9. The van der Waals surface area contributed by atoms with Crippen LogP contribution in [0.3, 0.4) is 0 Å². The molecule has 0 saturated heterocycles. The first kappa shape index (κ1) is 22.4. The van der Waals surface area contributed by atoms with E-state index >= 15 is 0 Å². The molecule has 6 heteroatoms. The molecule has 0 amide bonds. The van der Waals surface area contributed by atoms with E-state index in [2.05, 4.69) is 4.98 Å². The number of methoxy groups -OCH3 is 1. The molecule has 1 N–H and O–H groups in total. The summed E-state index contributed by atoms with van der Waals surface area (Å²) < 4.78 is 13.2. The Kier molecular flexibility index (Phi) is 6.93. The van der Waals surface area contributed by atoms with Gasteiger partial charge in [0.25, 0.3) is 0 Å². The van der Waals surface area contributed by atoms with Crippen LogP contribution in [-0.4, -0.2) is 27.7 Å². The van der Waals surface area contributed by atoms with Gasteiger partial charge in [0.1, 0.15) is 17.6 Å². The van der Waals surface area contributed by atoms with Gasteiger partial charge in [0.05, 0.1) is 12.8 Å². The average Bonchev–Trinajstić information content (AvgIpc) is 3.48. The molecule has 0 bridgehead atoms. The molecule has 0 aliphatic carbocycles. The molecule has 33 heavy (non-hydrogen) atoms. The van der Waals surface area contributed by atoms with Crippen molar-refractivity contribution in [3.05, 3.63) is 95.6 Å². The Morgan fingerprint density at radius 2 is 1.85 bits per heavy atom. The van der Waals surface area contributed by atoms with E-state index in [1.165, 1.54) is 0 Å². The fourth-order valence-electron chi connectivity index (χ4n) is 4.03. The lowest BCUT2D eigenvalue weighted by molar-refractivity contribution is -0.140. The second kappa shape index (κ2) is 10.2. The first-order chi connectivity index (χ1) is 16.0. The third kappa shape index (κ3) is 5.34. The molecule has 4 aromatic rings. The maximum absolute atomic E-state index is 11.8. The monoisotopic (exact) mass is 444 g/mol. The number of rotatable bonds is 10. The van der Waals surface area contributed by atoms with E-state index in [1.807, 2.05) is 67.6 Å². The molecule has 0 aliphatic rings. The molecule has 2 aromatic heterocycles. The number of ether oxygens (including phenoxy) is 1. The number of aliphatic carboxylic acids is 1. The summed E-state index contributed by atoms with van der Waals surface area (Å²) in [5.41, 5.74) is 3.97. The number of benzene rings is 2. The number of hydrogen-bond acceptors (Lipinski definition) is 4. The highest BCUT2D eigenvalue weighted by atomic mass is 16.5. The highest BCUT2D eigenvalue weighted by molar-refractivity contribution is 5.72. The molecule has 0 fully saturated rings. The Morgan fingerprint density at radius 3 is 2.55 bits per heavy atom. The fraction of sp³-hybridized carbons (Fsp3) is 0.259. The number of aryl methyl sites for hydroxylation is 3. The zero-order valence-corrected chi connectivity index (χ0v) is 18.9. The largest absolute Gasteiger partial charge is 0.496 e. The van der Waals surface area contributed by atoms with Gasteiger partial charge in [-0.05, 0) is 67.6 Å². The van der Waals surface area contributed by atoms with E-state index in [-0.39, 0.29) is 0 Å². The van der Waals surface area contributed by atoms with Gasteiger partial charge in [-0.15, -0.1) is 0 Å². The Morgan fingerprint density at radius 1 is 1.09 bits per heavy atom. The van der Waals surface area contributed by atoms with Crippen LogP contribution in [0.2, 0.25) is 0 Å². The number of carboxylic acids is 1. The molecular formula is C27H28N2O4. The molecule has 0 spiro atoms. The first-order valence-corrected chi connectivity index (χ1v) is 11.1. The van der Waals surface area contributed by atoms with Crippen LogP contribution in [0.25, 0.3) is 11.5 Å². The summed E-state index contributed by atoms with van der Waals surface area (Å²) in [4.78, 5) is 16.4. The smallest absolute Gasteiger partial charge is 0.327 e. The van der Waals surface area contributed by atoms with Gasteiger partial charge in [-0.25, -0.2) is 9.78 Å². The number of hydrogen-bond donors (Lipinski definition) is 1. The number of oxazole rings is 1. The Hall–Kier alpha value is -3.80. The van der Waals surface area contributed by atoms with Crippen LogP contribution in [0.1, 0.15) is 35.0 Å². The number of carboxylic acid groups (broad SMARTS) is 1. The molecule has 1 atom stereocenters. The van der Waals surface area contributed by atoms with Gasteiger partial charge < -0.3 is 18.8 Å². The van der Waals surface area contributed by atoms with E-state index in [1.54, 1.807) is 24.1 Å². The number of carbonyl (C=O) groups is 1. The molecular weight excluding hydrogens is 416 g/mol. The van der Waals surface area contributed by atoms with Crippen LogP contribution >= 0.6 is 0 Å². The minimum Gasteiger partial charge on any atom is -0.496 e. The summed E-state index contributed by atoms with van der Waals surface area (Å²) in [5.74, 6) is 1.43. The molecule has 1 unspecified atom stereocenters. The van der Waals surface area contributed by atoms with Gasteiger partial charge in [-0.3, -0.25) is 0 Å². The molecule has 0 aliphatic heterocycles. The summed E-state index contributed by atoms with van der Waals surface area (Å²) in [6.45, 7) is 1.95. The minimum atomic E-state index is -0.855. The summed E-state index contributed by atoms with van der Waals surface area (Å²) in [7, 11) is 1.65. The Bertz CT molecular complexity index is 1200. The van der Waals surface area contributed by atoms with Crippen molar-refractivity contribution in [3.63, 3.8) is 0 Å². The lowest BCUT2D eigenvalue weighted by atomic mass is 10.00. The van der Waals surface area contributed by atoms with Gasteiger partial charge in [-0.2, -0.15) is 0 Å². The van der Waals surface area contributed by atoms with Crippen molar-refractivity contribution in [3.8, 4) is 17.2 Å². The normalized spacial score (nSPS) is 11.9. The third-order valence-corrected chi connectivity index (χ3v) is 5.83. The second-order valence-electron chi connectivity index (χ2n) is 8.08. The van der Waals surface area contributed by atoms with Gasteiger partial charge in [0.15, 0.2) is 0 Å². The second-order valence-corrected chi connectivity index (χ2v) is 8.08. The standard InChI is InChI=1S/C27H28N2O4/c1-19-23(28-26(33-19)22-9-4-3-5-10-22)12-8-11-21-14-13-20(18-25(21)32-2)17-24(27(30)31)29-15-6-7-16-29/h3-7,9-10,13-16,18,24H,8,11-12,17H2,1-2H3,(H,30,31). The fourth-order valence-corrected chi connectivity index (χ4v) is 4.03. The van der Waals surface area contributed by atoms with Crippen molar-refractivity contribution < 1.29 is 19.1 Å². The molecule has 6 nitrogen and oxygen atoms in total. The van der Waals surface area contributed by atoms with Crippen LogP contribution < -0.4 is 4.74 Å². The van der Waals surface area contributed by atoms with Crippen LogP contribution in [0.5, 0.6) is 5.75 Å². The quantitative estimate of drug-likeness (QED) is 0.349. The SMILES string of the molecule is COc1cc(CC(C(=O)O)n2cccc2)ccc1CCCc1nc(-c2ccccc2)oc1C. The molecule has 2 heterocycles. The van der Waals surface area contributed by atoms with E-state index in [4.69, 9.17) is 9.15 Å². The van der Waals surface area contributed by atoms with E-state index in [0.29, 0.717) is 12.3 Å². The van der Waals surface area contributed by atoms with Crippen LogP contribution in [0, 0.1) is 6.92 Å². The maximum atomic E-state index is 11.8. The van der Waals surface area contributed by atoms with E-state index in [9.17, 15) is 9.90 Å². The Labute approximate surface area is 193 Å². The predicted molar refractivity (Wildman–Crippen MR) is 127 cm³/mol. The number of nitrogens with zero attached hydrogens (tertiary/aromatic N) is 2. The lowest BCUT2D eigenvalue weighted by Crippen LogP contribution is -2.20. The van der Waals surface area contributed by atoms with Crippen LogP contribution in [-0.2, 0) is 24.1 Å². The first-order valence-electron chi connectivity index (χ1n) is 11.1. The van der Waals surface area contributed by atoms with Gasteiger partial charge >= 0.3 is 5.97 Å². The molecule has 4 rings (SSSR count). The summed E-state index contributed by atoms with van der Waals surface area (Å²) in [6.07, 6.45) is 6.48. The predicted octanol–water partition coefficient (Wildman–Crippen LogP) is 5.50. The van der Waals surface area contributed by atoms with Crippen LogP contribution in [0.4, 0.5) is 0 Å². The van der Waals surface area contributed by atoms with Crippen molar-refractivity contribution in [2.45, 2.75) is 38.6 Å².